The second-order valence-corrected chi connectivity index (χ2v) is 6.36. The van der Waals surface area contributed by atoms with Crippen LogP contribution in [0, 0.1) is 5.92 Å². The molecule has 1 aliphatic rings. The van der Waals surface area contributed by atoms with Crippen LogP contribution in [-0.4, -0.2) is 46.3 Å². The SMILES string of the molecule is CCCCCNC(=NC)NCC1CCN(c2ccccc2OC)C1.I. The molecule has 1 heterocycles. The summed E-state index contributed by atoms with van der Waals surface area (Å²) in [5.41, 5.74) is 1.20. The second-order valence-electron chi connectivity index (χ2n) is 6.36. The molecule has 1 saturated heterocycles. The molecule has 2 rings (SSSR count). The van der Waals surface area contributed by atoms with Gasteiger partial charge in [-0.15, -0.1) is 24.0 Å². The van der Waals surface area contributed by atoms with E-state index in [1.807, 2.05) is 19.2 Å². The molecule has 1 aromatic carbocycles. The van der Waals surface area contributed by atoms with Gasteiger partial charge in [0.25, 0.3) is 0 Å². The number of benzene rings is 1. The lowest BCUT2D eigenvalue weighted by atomic mass is 10.1. The maximum atomic E-state index is 5.49. The maximum absolute atomic E-state index is 5.49. The molecule has 1 fully saturated rings. The number of halogens is 1. The van der Waals surface area contributed by atoms with Gasteiger partial charge >= 0.3 is 0 Å². The Bertz CT molecular complexity index is 524. The molecule has 5 nitrogen and oxygen atoms in total. The fraction of sp³-hybridized carbons (Fsp3) is 0.632. The summed E-state index contributed by atoms with van der Waals surface area (Å²) in [4.78, 5) is 6.73. The third-order valence-corrected chi connectivity index (χ3v) is 4.57. The molecule has 0 amide bonds. The van der Waals surface area contributed by atoms with Crippen LogP contribution in [0.15, 0.2) is 29.3 Å². The molecule has 0 bridgehead atoms. The van der Waals surface area contributed by atoms with E-state index in [0.29, 0.717) is 5.92 Å². The number of nitrogens with zero attached hydrogens (tertiary/aromatic N) is 2. The molecule has 2 N–H and O–H groups in total. The Hall–Kier alpha value is -1.18. The van der Waals surface area contributed by atoms with E-state index in [0.717, 1.165) is 37.9 Å². The van der Waals surface area contributed by atoms with E-state index >= 15 is 0 Å². The van der Waals surface area contributed by atoms with E-state index in [1.54, 1.807) is 7.11 Å². The highest BCUT2D eigenvalue weighted by molar-refractivity contribution is 14.0. The first-order valence-corrected chi connectivity index (χ1v) is 9.11. The Balaban J connectivity index is 0.00000312. The number of methoxy groups -OCH3 is 1. The molecule has 25 heavy (non-hydrogen) atoms. The van der Waals surface area contributed by atoms with Crippen LogP contribution in [0.5, 0.6) is 5.75 Å². The van der Waals surface area contributed by atoms with Gasteiger partial charge in [-0.2, -0.15) is 0 Å². The number of nitrogens with one attached hydrogen (secondary N) is 2. The Morgan fingerprint density at radius 3 is 2.80 bits per heavy atom. The number of hydrogen-bond acceptors (Lipinski definition) is 3. The molecule has 1 atom stereocenters. The predicted molar refractivity (Wildman–Crippen MR) is 118 cm³/mol. The highest BCUT2D eigenvalue weighted by Crippen LogP contribution is 2.31. The first-order valence-electron chi connectivity index (χ1n) is 9.11. The van der Waals surface area contributed by atoms with Gasteiger partial charge in [-0.3, -0.25) is 4.99 Å². The summed E-state index contributed by atoms with van der Waals surface area (Å²) < 4.78 is 5.49. The van der Waals surface area contributed by atoms with Crippen LogP contribution in [0.4, 0.5) is 5.69 Å². The predicted octanol–water partition coefficient (Wildman–Crippen LogP) is 3.49. The molecule has 142 valence electrons. The third kappa shape index (κ3) is 6.92. The maximum Gasteiger partial charge on any atom is 0.190 e. The molecular formula is C19H33IN4O. The Kier molecular flexibility index (Phi) is 10.7. The number of anilines is 1. The first-order chi connectivity index (χ1) is 11.8. The van der Waals surface area contributed by atoms with Crippen LogP contribution in [-0.2, 0) is 0 Å². The van der Waals surface area contributed by atoms with Crippen molar-refractivity contribution in [1.82, 2.24) is 10.6 Å². The number of guanidine groups is 1. The molecule has 0 spiro atoms. The second kappa shape index (κ2) is 12.2. The highest BCUT2D eigenvalue weighted by Gasteiger charge is 2.24. The van der Waals surface area contributed by atoms with Crippen LogP contribution in [0.3, 0.4) is 0 Å². The Labute approximate surface area is 169 Å². The van der Waals surface area contributed by atoms with Crippen molar-refractivity contribution in [3.8, 4) is 5.75 Å². The van der Waals surface area contributed by atoms with Gasteiger partial charge in [-0.05, 0) is 30.9 Å². The fourth-order valence-electron chi connectivity index (χ4n) is 3.15. The summed E-state index contributed by atoms with van der Waals surface area (Å²) in [7, 11) is 3.58. The minimum atomic E-state index is 0. The zero-order chi connectivity index (χ0) is 17.2. The van der Waals surface area contributed by atoms with E-state index < -0.39 is 0 Å². The lowest BCUT2D eigenvalue weighted by Gasteiger charge is -2.21. The van der Waals surface area contributed by atoms with Gasteiger partial charge in [0.15, 0.2) is 5.96 Å². The van der Waals surface area contributed by atoms with Gasteiger partial charge in [0.05, 0.1) is 12.8 Å². The quantitative estimate of drug-likeness (QED) is 0.270. The van der Waals surface area contributed by atoms with Crippen molar-refractivity contribution in [2.24, 2.45) is 10.9 Å². The van der Waals surface area contributed by atoms with Gasteiger partial charge < -0.3 is 20.3 Å². The van der Waals surface area contributed by atoms with Crippen LogP contribution >= 0.6 is 24.0 Å². The summed E-state index contributed by atoms with van der Waals surface area (Å²) in [6.45, 7) is 6.31. The van der Waals surface area contributed by atoms with Gasteiger partial charge in [0.2, 0.25) is 0 Å². The monoisotopic (exact) mass is 460 g/mol. The van der Waals surface area contributed by atoms with Crippen LogP contribution in [0.1, 0.15) is 32.6 Å². The molecule has 0 aromatic heterocycles. The largest absolute Gasteiger partial charge is 0.495 e. The van der Waals surface area contributed by atoms with E-state index in [-0.39, 0.29) is 24.0 Å². The normalized spacial score (nSPS) is 17.2. The molecule has 0 aliphatic carbocycles. The fourth-order valence-corrected chi connectivity index (χ4v) is 3.15. The molecular weight excluding hydrogens is 427 g/mol. The van der Waals surface area contributed by atoms with Crippen LogP contribution < -0.4 is 20.3 Å². The lowest BCUT2D eigenvalue weighted by Crippen LogP contribution is -2.40. The van der Waals surface area contributed by atoms with Crippen molar-refractivity contribution in [1.29, 1.82) is 0 Å². The van der Waals surface area contributed by atoms with Crippen molar-refractivity contribution in [2.45, 2.75) is 32.6 Å². The van der Waals surface area contributed by atoms with E-state index in [2.05, 4.69) is 39.6 Å². The standard InChI is InChI=1S/C19H32N4O.HI/c1-4-5-8-12-21-19(20-2)22-14-16-11-13-23(15-16)17-9-6-7-10-18(17)24-3;/h6-7,9-10,16H,4-5,8,11-15H2,1-3H3,(H2,20,21,22);1H. The van der Waals surface area contributed by atoms with Gasteiger partial charge in [0.1, 0.15) is 5.75 Å². The highest BCUT2D eigenvalue weighted by atomic mass is 127. The minimum Gasteiger partial charge on any atom is -0.495 e. The zero-order valence-electron chi connectivity index (χ0n) is 15.8. The van der Waals surface area contributed by atoms with Gasteiger partial charge in [-0.25, -0.2) is 0 Å². The third-order valence-electron chi connectivity index (χ3n) is 4.57. The van der Waals surface area contributed by atoms with Crippen LogP contribution in [0.2, 0.25) is 0 Å². The molecule has 1 aliphatic heterocycles. The number of rotatable bonds is 8. The first kappa shape index (κ1) is 21.9. The van der Waals surface area contributed by atoms with E-state index in [1.165, 1.54) is 31.4 Å². The Morgan fingerprint density at radius 1 is 1.28 bits per heavy atom. The summed E-state index contributed by atoms with van der Waals surface area (Å²) in [6, 6.07) is 8.27. The van der Waals surface area contributed by atoms with Gasteiger partial charge in [0, 0.05) is 33.2 Å². The molecule has 6 heteroatoms. The molecule has 0 radical (unpaired) electrons. The smallest absolute Gasteiger partial charge is 0.190 e. The summed E-state index contributed by atoms with van der Waals surface area (Å²) >= 11 is 0. The van der Waals surface area contributed by atoms with E-state index in [4.69, 9.17) is 4.74 Å². The number of para-hydroxylation sites is 2. The average molecular weight is 460 g/mol. The topological polar surface area (TPSA) is 48.9 Å². The summed E-state index contributed by atoms with van der Waals surface area (Å²) in [6.07, 6.45) is 4.90. The number of aliphatic imine (C=N–C) groups is 1. The van der Waals surface area contributed by atoms with Crippen molar-refractivity contribution in [3.05, 3.63) is 24.3 Å². The number of unbranched alkanes of at least 4 members (excludes halogenated alkanes) is 2. The van der Waals surface area contributed by atoms with Crippen molar-refractivity contribution in [2.75, 3.05) is 45.2 Å². The summed E-state index contributed by atoms with van der Waals surface area (Å²) in [5, 5.41) is 6.86. The molecule has 1 unspecified atom stereocenters. The van der Waals surface area contributed by atoms with Gasteiger partial charge in [-0.1, -0.05) is 31.9 Å². The van der Waals surface area contributed by atoms with Crippen molar-refractivity contribution >= 4 is 35.6 Å². The lowest BCUT2D eigenvalue weighted by molar-refractivity contribution is 0.414. The van der Waals surface area contributed by atoms with Crippen molar-refractivity contribution < 1.29 is 4.74 Å². The minimum absolute atomic E-state index is 0. The molecule has 0 saturated carbocycles. The van der Waals surface area contributed by atoms with E-state index in [9.17, 15) is 0 Å². The summed E-state index contributed by atoms with van der Waals surface area (Å²) in [5.74, 6) is 2.51. The van der Waals surface area contributed by atoms with Crippen LogP contribution in [0.25, 0.3) is 0 Å². The van der Waals surface area contributed by atoms with Crippen molar-refractivity contribution in [3.63, 3.8) is 0 Å². The number of hydrogen-bond donors (Lipinski definition) is 2. The number of ether oxygens (including phenoxy) is 1. The molecule has 1 aromatic rings. The zero-order valence-corrected chi connectivity index (χ0v) is 18.1. The Morgan fingerprint density at radius 2 is 2.08 bits per heavy atom. The average Bonchev–Trinajstić information content (AvgIpc) is 3.10.